The number of anilines is 2. The highest BCUT2D eigenvalue weighted by Crippen LogP contribution is 2.37. The van der Waals surface area contributed by atoms with Crippen LogP contribution in [-0.4, -0.2) is 22.6 Å². The van der Waals surface area contributed by atoms with Crippen LogP contribution >= 0.6 is 35.0 Å². The minimum atomic E-state index is -0.665. The van der Waals surface area contributed by atoms with Gasteiger partial charge in [0.2, 0.25) is 5.91 Å². The molecule has 246 valence electrons. The number of benzene rings is 5. The smallest absolute Gasteiger partial charge is 0.272 e. The van der Waals surface area contributed by atoms with Crippen LogP contribution < -0.4 is 16.0 Å². The molecule has 5 aromatic rings. The van der Waals surface area contributed by atoms with Crippen molar-refractivity contribution in [3.63, 3.8) is 0 Å². The predicted molar refractivity (Wildman–Crippen MR) is 195 cm³/mol. The van der Waals surface area contributed by atoms with E-state index in [1.807, 2.05) is 30.3 Å². The molecule has 0 radical (unpaired) electrons. The maximum Gasteiger partial charge on any atom is 0.272 e. The van der Waals surface area contributed by atoms with Crippen LogP contribution in [0.2, 0.25) is 10.0 Å². The lowest BCUT2D eigenvalue weighted by Crippen LogP contribution is -2.30. The average molecular weight is 712 g/mol. The molecule has 5 aromatic carbocycles. The van der Waals surface area contributed by atoms with Gasteiger partial charge in [-0.25, -0.2) is 0 Å². The highest BCUT2D eigenvalue weighted by Gasteiger charge is 2.23. The third-order valence-corrected chi connectivity index (χ3v) is 9.30. The highest BCUT2D eigenvalue weighted by atomic mass is 35.5. The maximum atomic E-state index is 13.6. The molecule has 49 heavy (non-hydrogen) atoms. The highest BCUT2D eigenvalue weighted by molar-refractivity contribution is 8.00. The number of thioether (sulfide) groups is 1. The molecule has 5 rings (SSSR count). The van der Waals surface area contributed by atoms with E-state index in [-0.39, 0.29) is 22.3 Å². The van der Waals surface area contributed by atoms with Gasteiger partial charge < -0.3 is 16.0 Å². The molecule has 0 spiro atoms. The average Bonchev–Trinajstić information content (AvgIpc) is 3.11. The van der Waals surface area contributed by atoms with Gasteiger partial charge in [0.1, 0.15) is 10.9 Å². The second-order valence-corrected chi connectivity index (χ2v) is 12.6. The van der Waals surface area contributed by atoms with Gasteiger partial charge in [-0.15, -0.1) is 11.8 Å². The number of hydrogen-bond acceptors (Lipinski definition) is 6. The van der Waals surface area contributed by atoms with Crippen LogP contribution in [0, 0.1) is 17.0 Å². The number of carbonyl (C=O) groups is 3. The number of aryl methyl sites for hydroxylation is 1. The van der Waals surface area contributed by atoms with E-state index >= 15 is 0 Å². The second-order valence-electron chi connectivity index (χ2n) is 10.7. The number of rotatable bonds is 11. The van der Waals surface area contributed by atoms with Gasteiger partial charge in [-0.3, -0.25) is 24.5 Å². The molecule has 0 aliphatic rings. The van der Waals surface area contributed by atoms with Crippen molar-refractivity contribution < 1.29 is 19.3 Å². The lowest BCUT2D eigenvalue weighted by Gasteiger charge is -2.18. The Balaban J connectivity index is 1.34. The van der Waals surface area contributed by atoms with Crippen molar-refractivity contribution >= 4 is 75.8 Å². The summed E-state index contributed by atoms with van der Waals surface area (Å²) in [6.07, 6.45) is 1.45. The Morgan fingerprint density at radius 3 is 2.14 bits per heavy atom. The predicted octanol–water partition coefficient (Wildman–Crippen LogP) is 9.09. The molecule has 0 saturated carbocycles. The summed E-state index contributed by atoms with van der Waals surface area (Å²) in [6.45, 7) is 1.69. The van der Waals surface area contributed by atoms with Crippen LogP contribution in [0.25, 0.3) is 6.08 Å². The fraction of sp³-hybridized carbons (Fsp3) is 0.0541. The number of halogens is 2. The van der Waals surface area contributed by atoms with Crippen LogP contribution in [0.5, 0.6) is 0 Å². The van der Waals surface area contributed by atoms with Gasteiger partial charge in [0.25, 0.3) is 17.5 Å². The molecule has 0 heterocycles. The first-order valence-electron chi connectivity index (χ1n) is 14.8. The Kier molecular flexibility index (Phi) is 11.5. The number of carbonyl (C=O) groups excluding carboxylic acids is 3. The van der Waals surface area contributed by atoms with Gasteiger partial charge in [0.15, 0.2) is 0 Å². The van der Waals surface area contributed by atoms with E-state index in [1.165, 1.54) is 36.0 Å². The Morgan fingerprint density at radius 2 is 1.49 bits per heavy atom. The zero-order valence-electron chi connectivity index (χ0n) is 25.9. The molecular formula is C37H28Cl2N4O5S. The Bertz CT molecular complexity index is 2040. The largest absolute Gasteiger partial charge is 0.325 e. The fourth-order valence-electron chi connectivity index (χ4n) is 4.68. The lowest BCUT2D eigenvalue weighted by atomic mass is 10.1. The van der Waals surface area contributed by atoms with Crippen molar-refractivity contribution in [1.29, 1.82) is 0 Å². The third kappa shape index (κ3) is 9.14. The van der Waals surface area contributed by atoms with Crippen molar-refractivity contribution in [2.24, 2.45) is 0 Å². The van der Waals surface area contributed by atoms with Crippen molar-refractivity contribution in [2.45, 2.75) is 17.1 Å². The van der Waals surface area contributed by atoms with Gasteiger partial charge in [-0.1, -0.05) is 83.9 Å². The van der Waals surface area contributed by atoms with E-state index in [9.17, 15) is 24.5 Å². The maximum absolute atomic E-state index is 13.6. The first-order chi connectivity index (χ1) is 23.6. The Labute approximate surface area is 296 Å². The summed E-state index contributed by atoms with van der Waals surface area (Å²) in [7, 11) is 0. The van der Waals surface area contributed by atoms with E-state index < -0.39 is 22.0 Å². The normalized spacial score (nSPS) is 11.7. The number of nitro benzene ring substituents is 1. The summed E-state index contributed by atoms with van der Waals surface area (Å²) in [4.78, 5) is 51.5. The minimum absolute atomic E-state index is 0.0566. The van der Waals surface area contributed by atoms with E-state index in [4.69, 9.17) is 23.2 Å². The summed E-state index contributed by atoms with van der Waals surface area (Å²) in [5.74, 6) is -1.39. The first-order valence-corrected chi connectivity index (χ1v) is 16.4. The van der Waals surface area contributed by atoms with E-state index in [0.29, 0.717) is 33.1 Å². The quantitative estimate of drug-likeness (QED) is 0.0543. The summed E-state index contributed by atoms with van der Waals surface area (Å²) in [5.41, 5.74) is 2.90. The molecule has 12 heteroatoms. The SMILES string of the molecule is Cc1cc([N+](=O)[O-])ccc1NC(=O)C(Sc1ccc(NC(=O)/C(=C/c2cccc(Cl)c2Cl)NC(=O)c2ccccc2)cc1)c1ccccc1. The van der Waals surface area contributed by atoms with Gasteiger partial charge in [-0.2, -0.15) is 0 Å². The summed E-state index contributed by atoms with van der Waals surface area (Å²) in [5, 5.41) is 19.4. The van der Waals surface area contributed by atoms with E-state index in [0.717, 1.165) is 10.5 Å². The van der Waals surface area contributed by atoms with Crippen molar-refractivity contribution in [3.05, 3.63) is 169 Å². The summed E-state index contributed by atoms with van der Waals surface area (Å²) < 4.78 is 0. The van der Waals surface area contributed by atoms with Crippen molar-refractivity contribution in [2.75, 3.05) is 10.6 Å². The summed E-state index contributed by atoms with van der Waals surface area (Å²) in [6, 6.07) is 33.8. The number of nitro groups is 1. The second kappa shape index (κ2) is 16.1. The van der Waals surface area contributed by atoms with Crippen LogP contribution in [-0.2, 0) is 9.59 Å². The monoisotopic (exact) mass is 710 g/mol. The Morgan fingerprint density at radius 1 is 0.816 bits per heavy atom. The number of nitrogens with one attached hydrogen (secondary N) is 3. The lowest BCUT2D eigenvalue weighted by molar-refractivity contribution is -0.384. The Hall–Kier alpha value is -5.42. The topological polar surface area (TPSA) is 130 Å². The third-order valence-electron chi connectivity index (χ3n) is 7.20. The molecule has 0 aromatic heterocycles. The number of amides is 3. The van der Waals surface area contributed by atoms with Gasteiger partial charge in [-0.05, 0) is 78.2 Å². The number of nitrogens with zero attached hydrogens (tertiary/aromatic N) is 1. The summed E-state index contributed by atoms with van der Waals surface area (Å²) >= 11 is 13.9. The number of non-ortho nitro benzene ring substituents is 1. The minimum Gasteiger partial charge on any atom is -0.325 e. The molecule has 1 unspecified atom stereocenters. The molecule has 3 amide bonds. The van der Waals surface area contributed by atoms with Crippen LogP contribution in [0.3, 0.4) is 0 Å². The molecule has 0 saturated heterocycles. The van der Waals surface area contributed by atoms with Gasteiger partial charge >= 0.3 is 0 Å². The van der Waals surface area contributed by atoms with Crippen LogP contribution in [0.15, 0.2) is 132 Å². The standard InChI is InChI=1S/C37H28Cl2N4O5S/c1-23-21-28(43(47)48)17-20-31(23)41-37(46)34(24-9-4-2-5-10-24)49-29-18-15-27(16-19-29)40-36(45)32(22-26-13-8-14-30(38)33(26)39)42-35(44)25-11-6-3-7-12-25/h2-22,34H,1H3,(H,40,45)(H,41,46)(H,42,44)/b32-22-. The fourth-order valence-corrected chi connectivity index (χ4v) is 6.07. The zero-order chi connectivity index (χ0) is 34.9. The first kappa shape index (κ1) is 34.9. The van der Waals surface area contributed by atoms with Gasteiger partial charge in [0, 0.05) is 34.0 Å². The van der Waals surface area contributed by atoms with E-state index in [2.05, 4.69) is 16.0 Å². The molecule has 3 N–H and O–H groups in total. The zero-order valence-corrected chi connectivity index (χ0v) is 28.2. The molecule has 0 bridgehead atoms. The number of hydrogen-bond donors (Lipinski definition) is 3. The van der Waals surface area contributed by atoms with Gasteiger partial charge in [0.05, 0.1) is 15.0 Å². The van der Waals surface area contributed by atoms with Crippen molar-refractivity contribution in [3.8, 4) is 0 Å². The van der Waals surface area contributed by atoms with Crippen molar-refractivity contribution in [1.82, 2.24) is 5.32 Å². The van der Waals surface area contributed by atoms with Crippen LogP contribution in [0.1, 0.15) is 32.3 Å². The molecule has 9 nitrogen and oxygen atoms in total. The molecule has 0 aliphatic heterocycles. The molecule has 0 fully saturated rings. The van der Waals surface area contributed by atoms with E-state index in [1.54, 1.807) is 79.7 Å². The molecular weight excluding hydrogens is 683 g/mol. The van der Waals surface area contributed by atoms with Crippen LogP contribution in [0.4, 0.5) is 17.1 Å². The molecule has 1 atom stereocenters. The molecule has 0 aliphatic carbocycles.